The summed E-state index contributed by atoms with van der Waals surface area (Å²) in [6.07, 6.45) is 0.959. The van der Waals surface area contributed by atoms with Crippen LogP contribution in [0.3, 0.4) is 0 Å². The summed E-state index contributed by atoms with van der Waals surface area (Å²) in [5.74, 6) is -2.33. The fourth-order valence-corrected chi connectivity index (χ4v) is 1.34. The standard InChI is InChI=1S/C9H14O5/c1-2-7(10)14-9(8(11)12)5-3-4-6-13-9/h2,8,11-12H,1,3-6H2. The second-order valence-electron chi connectivity index (χ2n) is 3.12. The van der Waals surface area contributed by atoms with Gasteiger partial charge in [-0.05, 0) is 12.8 Å². The fourth-order valence-electron chi connectivity index (χ4n) is 1.34. The number of esters is 1. The first-order valence-electron chi connectivity index (χ1n) is 4.46. The van der Waals surface area contributed by atoms with Crippen LogP contribution in [0.25, 0.3) is 0 Å². The predicted molar refractivity (Wildman–Crippen MR) is 47.0 cm³/mol. The summed E-state index contributed by atoms with van der Waals surface area (Å²) >= 11 is 0. The molecular formula is C9H14O5. The van der Waals surface area contributed by atoms with Crippen LogP contribution in [0.2, 0.25) is 0 Å². The highest BCUT2D eigenvalue weighted by atomic mass is 16.7. The first kappa shape index (κ1) is 11.2. The minimum absolute atomic E-state index is 0.282. The summed E-state index contributed by atoms with van der Waals surface area (Å²) in [4.78, 5) is 10.9. The molecule has 1 atom stereocenters. The van der Waals surface area contributed by atoms with Gasteiger partial charge in [-0.1, -0.05) is 6.58 Å². The number of carbonyl (C=O) groups excluding carboxylic acids is 1. The Balaban J connectivity index is 2.70. The molecule has 1 unspecified atom stereocenters. The molecule has 0 bridgehead atoms. The van der Waals surface area contributed by atoms with Crippen LogP contribution in [-0.4, -0.2) is 34.9 Å². The van der Waals surface area contributed by atoms with Crippen molar-refractivity contribution in [3.8, 4) is 0 Å². The van der Waals surface area contributed by atoms with E-state index < -0.39 is 18.0 Å². The minimum Gasteiger partial charge on any atom is -0.424 e. The van der Waals surface area contributed by atoms with Crippen LogP contribution >= 0.6 is 0 Å². The average molecular weight is 202 g/mol. The average Bonchev–Trinajstić information content (AvgIpc) is 2.19. The summed E-state index contributed by atoms with van der Waals surface area (Å²) in [5.41, 5.74) is 0. The third-order valence-corrected chi connectivity index (χ3v) is 2.10. The van der Waals surface area contributed by atoms with Crippen LogP contribution in [0.1, 0.15) is 19.3 Å². The van der Waals surface area contributed by atoms with Crippen molar-refractivity contribution in [3.63, 3.8) is 0 Å². The highest BCUT2D eigenvalue weighted by Crippen LogP contribution is 2.29. The van der Waals surface area contributed by atoms with Crippen LogP contribution in [0, 0.1) is 0 Å². The number of carbonyl (C=O) groups is 1. The molecule has 0 aliphatic carbocycles. The summed E-state index contributed by atoms with van der Waals surface area (Å²) in [5, 5.41) is 18.2. The second-order valence-corrected chi connectivity index (χ2v) is 3.12. The van der Waals surface area contributed by atoms with Crippen LogP contribution in [0.5, 0.6) is 0 Å². The topological polar surface area (TPSA) is 76.0 Å². The van der Waals surface area contributed by atoms with Crippen LogP contribution in [0.4, 0.5) is 0 Å². The van der Waals surface area contributed by atoms with E-state index in [0.29, 0.717) is 6.61 Å². The largest absolute Gasteiger partial charge is 0.424 e. The Bertz CT molecular complexity index is 217. The lowest BCUT2D eigenvalue weighted by Gasteiger charge is -2.36. The Morgan fingerprint density at radius 3 is 2.71 bits per heavy atom. The van der Waals surface area contributed by atoms with E-state index in [1.807, 2.05) is 0 Å². The van der Waals surface area contributed by atoms with Gasteiger partial charge in [0, 0.05) is 12.5 Å². The molecule has 1 rings (SSSR count). The Morgan fingerprint density at radius 1 is 1.57 bits per heavy atom. The van der Waals surface area contributed by atoms with Crippen molar-refractivity contribution in [2.75, 3.05) is 6.61 Å². The summed E-state index contributed by atoms with van der Waals surface area (Å²) in [7, 11) is 0. The van der Waals surface area contributed by atoms with Gasteiger partial charge in [-0.3, -0.25) is 0 Å². The fraction of sp³-hybridized carbons (Fsp3) is 0.667. The molecule has 0 radical (unpaired) electrons. The zero-order valence-corrected chi connectivity index (χ0v) is 7.81. The van der Waals surface area contributed by atoms with Crippen molar-refractivity contribution in [1.29, 1.82) is 0 Å². The van der Waals surface area contributed by atoms with Gasteiger partial charge in [0.1, 0.15) is 0 Å². The molecule has 1 fully saturated rings. The lowest BCUT2D eigenvalue weighted by Crippen LogP contribution is -2.50. The van der Waals surface area contributed by atoms with Crippen LogP contribution < -0.4 is 0 Å². The molecule has 1 saturated heterocycles. The van der Waals surface area contributed by atoms with E-state index in [1.54, 1.807) is 0 Å². The molecule has 5 heteroatoms. The molecule has 14 heavy (non-hydrogen) atoms. The van der Waals surface area contributed by atoms with Gasteiger partial charge in [-0.2, -0.15) is 0 Å². The summed E-state index contributed by atoms with van der Waals surface area (Å²) in [6, 6.07) is 0. The number of aliphatic hydroxyl groups is 2. The maximum Gasteiger partial charge on any atom is 0.332 e. The maximum absolute atomic E-state index is 10.9. The van der Waals surface area contributed by atoms with E-state index in [0.717, 1.165) is 18.9 Å². The first-order chi connectivity index (χ1) is 6.60. The molecule has 0 aromatic carbocycles. The SMILES string of the molecule is C=CC(=O)OC1(C(O)O)CCCCO1. The van der Waals surface area contributed by atoms with E-state index in [9.17, 15) is 4.79 Å². The molecule has 80 valence electrons. The normalized spacial score (nSPS) is 27.4. The molecule has 1 aliphatic rings. The molecule has 0 spiro atoms. The van der Waals surface area contributed by atoms with Crippen LogP contribution in [0.15, 0.2) is 12.7 Å². The zero-order chi connectivity index (χ0) is 10.6. The van der Waals surface area contributed by atoms with Crippen molar-refractivity contribution in [3.05, 3.63) is 12.7 Å². The van der Waals surface area contributed by atoms with Gasteiger partial charge < -0.3 is 19.7 Å². The van der Waals surface area contributed by atoms with Gasteiger partial charge in [-0.15, -0.1) is 0 Å². The molecule has 0 aromatic rings. The Hall–Kier alpha value is -0.910. The molecule has 5 nitrogen and oxygen atoms in total. The van der Waals surface area contributed by atoms with E-state index in [4.69, 9.17) is 19.7 Å². The van der Waals surface area contributed by atoms with E-state index >= 15 is 0 Å². The van der Waals surface area contributed by atoms with Gasteiger partial charge in [0.2, 0.25) is 6.29 Å². The maximum atomic E-state index is 10.9. The van der Waals surface area contributed by atoms with Gasteiger partial charge in [0.15, 0.2) is 0 Å². The third-order valence-electron chi connectivity index (χ3n) is 2.10. The number of rotatable bonds is 3. The van der Waals surface area contributed by atoms with Crippen LogP contribution in [-0.2, 0) is 14.3 Å². The predicted octanol–water partition coefficient (Wildman–Crippen LogP) is -0.0769. The molecule has 1 heterocycles. The quantitative estimate of drug-likeness (QED) is 0.380. The third kappa shape index (κ3) is 2.31. The number of ether oxygens (including phenoxy) is 2. The van der Waals surface area contributed by atoms with Gasteiger partial charge in [0.25, 0.3) is 5.79 Å². The lowest BCUT2D eigenvalue weighted by molar-refractivity contribution is -0.327. The number of aliphatic hydroxyl groups excluding tert-OH is 1. The van der Waals surface area contributed by atoms with Crippen molar-refractivity contribution < 1.29 is 24.5 Å². The highest BCUT2D eigenvalue weighted by Gasteiger charge is 2.43. The molecular weight excluding hydrogens is 188 g/mol. The molecule has 0 aromatic heterocycles. The lowest BCUT2D eigenvalue weighted by atomic mass is 10.1. The zero-order valence-electron chi connectivity index (χ0n) is 7.81. The molecule has 1 aliphatic heterocycles. The Labute approximate surface area is 81.9 Å². The van der Waals surface area contributed by atoms with Gasteiger partial charge in [0.05, 0.1) is 6.61 Å². The summed E-state index contributed by atoms with van der Waals surface area (Å²) in [6.45, 7) is 3.57. The molecule has 2 N–H and O–H groups in total. The monoisotopic (exact) mass is 202 g/mol. The van der Waals surface area contributed by atoms with Crippen molar-refractivity contribution >= 4 is 5.97 Å². The van der Waals surface area contributed by atoms with Crippen molar-refractivity contribution in [2.24, 2.45) is 0 Å². The van der Waals surface area contributed by atoms with Crippen molar-refractivity contribution in [2.45, 2.75) is 31.3 Å². The van der Waals surface area contributed by atoms with Crippen molar-refractivity contribution in [1.82, 2.24) is 0 Å². The van der Waals surface area contributed by atoms with E-state index in [-0.39, 0.29) is 6.42 Å². The van der Waals surface area contributed by atoms with E-state index in [2.05, 4.69) is 6.58 Å². The van der Waals surface area contributed by atoms with Gasteiger partial charge >= 0.3 is 5.97 Å². The smallest absolute Gasteiger partial charge is 0.332 e. The minimum atomic E-state index is -1.83. The second kappa shape index (κ2) is 4.54. The number of hydrogen-bond acceptors (Lipinski definition) is 5. The number of hydrogen-bond donors (Lipinski definition) is 2. The summed E-state index contributed by atoms with van der Waals surface area (Å²) < 4.78 is 9.92. The van der Waals surface area contributed by atoms with Gasteiger partial charge in [-0.25, -0.2) is 4.79 Å². The molecule has 0 amide bonds. The van der Waals surface area contributed by atoms with E-state index in [1.165, 1.54) is 0 Å². The molecule has 0 saturated carbocycles. The highest BCUT2D eigenvalue weighted by molar-refractivity contribution is 5.81. The first-order valence-corrected chi connectivity index (χ1v) is 4.46. The Morgan fingerprint density at radius 2 is 2.29 bits per heavy atom. The Kier molecular flexibility index (Phi) is 3.62.